The summed E-state index contributed by atoms with van der Waals surface area (Å²) in [5, 5.41) is 11.6. The summed E-state index contributed by atoms with van der Waals surface area (Å²) in [6.45, 7) is 2.56. The van der Waals surface area contributed by atoms with Crippen LogP contribution in [-0.2, 0) is 9.47 Å². The Morgan fingerprint density at radius 3 is 2.52 bits per heavy atom. The van der Waals surface area contributed by atoms with E-state index in [1.807, 2.05) is 0 Å². The van der Waals surface area contributed by atoms with E-state index in [2.05, 4.69) is 9.88 Å². The lowest BCUT2D eigenvalue weighted by Gasteiger charge is -2.20. The van der Waals surface area contributed by atoms with Crippen LogP contribution in [0.15, 0.2) is 18.2 Å². The van der Waals surface area contributed by atoms with Gasteiger partial charge in [-0.3, -0.25) is 10.1 Å². The number of hydrogen-bond donors (Lipinski definition) is 0. The van der Waals surface area contributed by atoms with E-state index in [1.165, 1.54) is 17.4 Å². The molecule has 114 valence electrons. The van der Waals surface area contributed by atoms with Gasteiger partial charge in [0.05, 0.1) is 28.4 Å². The van der Waals surface area contributed by atoms with E-state index < -0.39 is 4.92 Å². The van der Waals surface area contributed by atoms with Crippen LogP contribution in [0.3, 0.4) is 0 Å². The second kappa shape index (κ2) is 7.30. The summed E-state index contributed by atoms with van der Waals surface area (Å²) in [7, 11) is 3.30. The Hall–Kier alpha value is -1.77. The van der Waals surface area contributed by atoms with E-state index in [4.69, 9.17) is 9.47 Å². The van der Waals surface area contributed by atoms with Gasteiger partial charge in [0.1, 0.15) is 0 Å². The van der Waals surface area contributed by atoms with E-state index in [9.17, 15) is 10.1 Å². The summed E-state index contributed by atoms with van der Waals surface area (Å²) in [5.41, 5.74) is 0.846. The molecule has 0 unspecified atom stereocenters. The molecule has 0 fully saturated rings. The Kier molecular flexibility index (Phi) is 5.43. The molecule has 2 rings (SSSR count). The maximum absolute atomic E-state index is 10.8. The van der Waals surface area contributed by atoms with Gasteiger partial charge in [-0.2, -0.15) is 0 Å². The van der Waals surface area contributed by atoms with Crippen molar-refractivity contribution in [1.82, 2.24) is 4.98 Å². The molecule has 0 aliphatic heterocycles. The lowest BCUT2D eigenvalue weighted by Crippen LogP contribution is -2.30. The third-order valence-electron chi connectivity index (χ3n) is 2.97. The van der Waals surface area contributed by atoms with Crippen LogP contribution in [-0.4, -0.2) is 50.4 Å². The van der Waals surface area contributed by atoms with Crippen LogP contribution >= 0.6 is 11.3 Å². The molecule has 2 aromatic rings. The van der Waals surface area contributed by atoms with Gasteiger partial charge in [0.15, 0.2) is 5.13 Å². The van der Waals surface area contributed by atoms with Crippen LogP contribution < -0.4 is 4.90 Å². The van der Waals surface area contributed by atoms with E-state index in [-0.39, 0.29) is 5.69 Å². The van der Waals surface area contributed by atoms with E-state index in [0.29, 0.717) is 26.3 Å². The first kappa shape index (κ1) is 15.6. The highest BCUT2D eigenvalue weighted by Crippen LogP contribution is 2.31. The number of benzene rings is 1. The summed E-state index contributed by atoms with van der Waals surface area (Å²) in [6, 6.07) is 4.71. The molecule has 0 saturated carbocycles. The second-order valence-electron chi connectivity index (χ2n) is 4.38. The molecule has 21 heavy (non-hydrogen) atoms. The maximum atomic E-state index is 10.8. The highest BCUT2D eigenvalue weighted by atomic mass is 32.1. The number of ether oxygens (including phenoxy) is 2. The summed E-state index contributed by atoms with van der Waals surface area (Å²) >= 11 is 1.44. The molecule has 8 heteroatoms. The third kappa shape index (κ3) is 3.87. The summed E-state index contributed by atoms with van der Waals surface area (Å²) < 4.78 is 11.0. The van der Waals surface area contributed by atoms with Gasteiger partial charge in [-0.05, 0) is 6.07 Å². The maximum Gasteiger partial charge on any atom is 0.270 e. The van der Waals surface area contributed by atoms with Crippen LogP contribution in [0.2, 0.25) is 0 Å². The molecular weight excluding hydrogens is 294 g/mol. The number of anilines is 1. The smallest absolute Gasteiger partial charge is 0.270 e. The molecule has 1 aromatic heterocycles. The minimum atomic E-state index is -0.396. The molecule has 0 radical (unpaired) electrons. The van der Waals surface area contributed by atoms with E-state index in [1.54, 1.807) is 26.4 Å². The molecule has 0 spiro atoms. The van der Waals surface area contributed by atoms with Crippen molar-refractivity contribution in [2.45, 2.75) is 0 Å². The largest absolute Gasteiger partial charge is 0.383 e. The van der Waals surface area contributed by atoms with E-state index in [0.717, 1.165) is 15.3 Å². The Morgan fingerprint density at radius 1 is 1.29 bits per heavy atom. The zero-order chi connectivity index (χ0) is 15.2. The van der Waals surface area contributed by atoms with Crippen molar-refractivity contribution in [3.63, 3.8) is 0 Å². The summed E-state index contributed by atoms with van der Waals surface area (Å²) in [5.74, 6) is 0. The van der Waals surface area contributed by atoms with Gasteiger partial charge in [0, 0.05) is 39.4 Å². The number of fused-ring (bicyclic) bond motifs is 1. The summed E-state index contributed by atoms with van der Waals surface area (Å²) in [4.78, 5) is 17.0. The first-order valence-electron chi connectivity index (χ1n) is 6.43. The Labute approximate surface area is 126 Å². The molecule has 0 aliphatic rings. The lowest BCUT2D eigenvalue weighted by atomic mass is 10.3. The van der Waals surface area contributed by atoms with Gasteiger partial charge in [-0.25, -0.2) is 4.98 Å². The monoisotopic (exact) mass is 311 g/mol. The molecule has 0 aliphatic carbocycles. The zero-order valence-corrected chi connectivity index (χ0v) is 12.8. The molecule has 0 saturated heterocycles. The Bertz CT molecular complexity index is 608. The minimum absolute atomic E-state index is 0.0815. The highest BCUT2D eigenvalue weighted by molar-refractivity contribution is 7.22. The quantitative estimate of drug-likeness (QED) is 0.550. The van der Waals surface area contributed by atoms with Gasteiger partial charge < -0.3 is 14.4 Å². The topological polar surface area (TPSA) is 77.7 Å². The summed E-state index contributed by atoms with van der Waals surface area (Å²) in [6.07, 6.45) is 0. The number of hydrogen-bond acceptors (Lipinski definition) is 7. The molecule has 0 N–H and O–H groups in total. The molecule has 7 nitrogen and oxygen atoms in total. The van der Waals surface area contributed by atoms with Gasteiger partial charge in [-0.15, -0.1) is 0 Å². The minimum Gasteiger partial charge on any atom is -0.383 e. The molecule has 0 atom stereocenters. The molecular formula is C13H17N3O4S. The van der Waals surface area contributed by atoms with Crippen molar-refractivity contribution in [2.24, 2.45) is 0 Å². The van der Waals surface area contributed by atoms with Crippen LogP contribution in [0.1, 0.15) is 0 Å². The van der Waals surface area contributed by atoms with Crippen LogP contribution in [0, 0.1) is 10.1 Å². The number of thiazole rings is 1. The fraction of sp³-hybridized carbons (Fsp3) is 0.462. The van der Waals surface area contributed by atoms with Crippen molar-refractivity contribution in [3.05, 3.63) is 28.3 Å². The number of methoxy groups -OCH3 is 2. The number of nitrogens with zero attached hydrogens (tertiary/aromatic N) is 3. The van der Waals surface area contributed by atoms with Crippen LogP contribution in [0.25, 0.3) is 10.2 Å². The first-order chi connectivity index (χ1) is 10.2. The van der Waals surface area contributed by atoms with Crippen molar-refractivity contribution < 1.29 is 14.4 Å². The SMILES string of the molecule is COCCN(CCOC)c1nc2ccc([N+](=O)[O-])cc2s1. The predicted octanol–water partition coefficient (Wildman–Crippen LogP) is 2.30. The second-order valence-corrected chi connectivity index (χ2v) is 5.39. The van der Waals surface area contributed by atoms with Crippen LogP contribution in [0.4, 0.5) is 10.8 Å². The van der Waals surface area contributed by atoms with Gasteiger partial charge in [0.25, 0.3) is 5.69 Å². The number of rotatable bonds is 8. The number of aromatic nitrogens is 1. The lowest BCUT2D eigenvalue weighted by molar-refractivity contribution is -0.384. The number of nitro benzene ring substituents is 1. The fourth-order valence-corrected chi connectivity index (χ4v) is 2.91. The predicted molar refractivity (Wildman–Crippen MR) is 82.2 cm³/mol. The molecule has 1 heterocycles. The number of non-ortho nitro benzene ring substituents is 1. The van der Waals surface area contributed by atoms with Crippen molar-refractivity contribution in [1.29, 1.82) is 0 Å². The van der Waals surface area contributed by atoms with E-state index >= 15 is 0 Å². The van der Waals surface area contributed by atoms with Gasteiger partial charge >= 0.3 is 0 Å². The average Bonchev–Trinajstić information content (AvgIpc) is 2.90. The average molecular weight is 311 g/mol. The first-order valence-corrected chi connectivity index (χ1v) is 7.25. The van der Waals surface area contributed by atoms with Crippen molar-refractivity contribution >= 4 is 32.4 Å². The molecule has 0 amide bonds. The van der Waals surface area contributed by atoms with Crippen LogP contribution in [0.5, 0.6) is 0 Å². The van der Waals surface area contributed by atoms with Gasteiger partial charge in [-0.1, -0.05) is 11.3 Å². The third-order valence-corrected chi connectivity index (χ3v) is 4.05. The van der Waals surface area contributed by atoms with Gasteiger partial charge in [0.2, 0.25) is 0 Å². The molecule has 0 bridgehead atoms. The van der Waals surface area contributed by atoms with Crippen molar-refractivity contribution in [2.75, 3.05) is 45.4 Å². The number of nitro groups is 1. The Morgan fingerprint density at radius 2 is 1.95 bits per heavy atom. The zero-order valence-electron chi connectivity index (χ0n) is 11.9. The van der Waals surface area contributed by atoms with Crippen molar-refractivity contribution in [3.8, 4) is 0 Å². The Balaban J connectivity index is 2.27. The highest BCUT2D eigenvalue weighted by Gasteiger charge is 2.14. The normalized spacial score (nSPS) is 11.0. The standard InChI is InChI=1S/C13H17N3O4S/c1-19-7-5-15(6-8-20-2)13-14-11-4-3-10(16(17)18)9-12(11)21-13/h3-4,9H,5-8H2,1-2H3. The fourth-order valence-electron chi connectivity index (χ4n) is 1.86. The molecule has 1 aromatic carbocycles.